The van der Waals surface area contributed by atoms with E-state index in [9.17, 15) is 9.90 Å². The average Bonchev–Trinajstić information content (AvgIpc) is 2.73. The summed E-state index contributed by atoms with van der Waals surface area (Å²) in [6, 6.07) is 10.4. The van der Waals surface area contributed by atoms with Gasteiger partial charge >= 0.3 is 5.97 Å². The number of carboxylic acid groups (broad SMARTS) is 1. The maximum absolute atomic E-state index is 11.1. The van der Waals surface area contributed by atoms with Crippen molar-refractivity contribution in [2.24, 2.45) is 5.92 Å². The lowest BCUT2D eigenvalue weighted by Crippen LogP contribution is -2.50. The second-order valence-corrected chi connectivity index (χ2v) is 9.17. The summed E-state index contributed by atoms with van der Waals surface area (Å²) in [6.07, 6.45) is 4.59. The summed E-state index contributed by atoms with van der Waals surface area (Å²) in [5.41, 5.74) is 8.26. The van der Waals surface area contributed by atoms with Crippen molar-refractivity contribution >= 4 is 11.5 Å². The fraction of sp³-hybridized carbons (Fsp3) is 0.444. The minimum Gasteiger partial charge on any atom is -0.508 e. The molecule has 1 saturated heterocycles. The number of aliphatic carboxylic acids is 1. The number of rotatable bonds is 8. The second kappa shape index (κ2) is 9.37. The Hall–Kier alpha value is -2.79. The first-order chi connectivity index (χ1) is 15.4. The number of ether oxygens (including phenoxy) is 1. The molecule has 5 heteroatoms. The lowest BCUT2D eigenvalue weighted by atomic mass is 9.83. The third kappa shape index (κ3) is 4.53. The van der Waals surface area contributed by atoms with E-state index >= 15 is 0 Å². The number of allylic oxidation sites excluding steroid dienone is 1. The van der Waals surface area contributed by atoms with Crippen molar-refractivity contribution in [1.29, 1.82) is 0 Å². The molecule has 0 radical (unpaired) electrons. The van der Waals surface area contributed by atoms with Crippen molar-refractivity contribution in [1.82, 2.24) is 4.90 Å². The van der Waals surface area contributed by atoms with Gasteiger partial charge in [-0.3, -0.25) is 9.69 Å². The number of aryl methyl sites for hydroxylation is 2. The van der Waals surface area contributed by atoms with Gasteiger partial charge in [0.2, 0.25) is 0 Å². The van der Waals surface area contributed by atoms with E-state index in [1.807, 2.05) is 6.07 Å². The molecule has 4 rings (SSSR count). The highest BCUT2D eigenvalue weighted by molar-refractivity contribution is 5.74. The van der Waals surface area contributed by atoms with Crippen LogP contribution in [0, 0.1) is 5.92 Å². The lowest BCUT2D eigenvalue weighted by Gasteiger charge is -2.38. The summed E-state index contributed by atoms with van der Waals surface area (Å²) in [5, 5.41) is 19.9. The first-order valence-electron chi connectivity index (χ1n) is 11.5. The number of carbonyl (C=O) groups is 1. The molecule has 1 aliphatic heterocycles. The number of likely N-dealkylation sites (tertiary alicyclic amines) is 1. The number of methoxy groups -OCH3 is 1. The SMILES string of the molecule is CCCc1ccc(Cc2cc3c(cc2O)CCC(CN2CC(C(=O)O)C2)=C3C)c(OC)c1. The van der Waals surface area contributed by atoms with E-state index in [1.165, 1.54) is 27.8 Å². The summed E-state index contributed by atoms with van der Waals surface area (Å²) >= 11 is 0. The molecular formula is C27H33NO4. The van der Waals surface area contributed by atoms with Crippen LogP contribution in [0.1, 0.15) is 54.5 Å². The van der Waals surface area contributed by atoms with Crippen LogP contribution in [0.5, 0.6) is 11.5 Å². The Labute approximate surface area is 190 Å². The smallest absolute Gasteiger partial charge is 0.309 e. The van der Waals surface area contributed by atoms with Crippen LogP contribution in [0.25, 0.3) is 5.57 Å². The first-order valence-corrected chi connectivity index (χ1v) is 11.5. The van der Waals surface area contributed by atoms with Gasteiger partial charge in [0, 0.05) is 26.1 Å². The fourth-order valence-electron chi connectivity index (χ4n) is 4.94. The van der Waals surface area contributed by atoms with Crippen LogP contribution in [0.15, 0.2) is 35.9 Å². The Morgan fingerprint density at radius 2 is 1.94 bits per heavy atom. The molecule has 1 heterocycles. The molecule has 0 spiro atoms. The summed E-state index contributed by atoms with van der Waals surface area (Å²) in [5.74, 6) is 0.284. The molecule has 0 unspecified atom stereocenters. The molecule has 2 aromatic rings. The number of nitrogens with zero attached hydrogens (tertiary/aromatic N) is 1. The second-order valence-electron chi connectivity index (χ2n) is 9.17. The molecule has 2 N–H and O–H groups in total. The monoisotopic (exact) mass is 435 g/mol. The standard InChI is InChI=1S/C27H33NO4/c1-4-5-18-6-7-20(26(10-18)32-3)11-22-12-24-17(2)21(9-8-19(24)13-25(22)29)14-28-15-23(16-28)27(30)31/h6-7,10,12-13,23,29H,4-5,8-9,11,14-16H2,1-3H3,(H,30,31). The van der Waals surface area contributed by atoms with Gasteiger partial charge in [0.25, 0.3) is 0 Å². The van der Waals surface area contributed by atoms with E-state index < -0.39 is 5.97 Å². The Balaban J connectivity index is 1.57. The molecule has 0 amide bonds. The van der Waals surface area contributed by atoms with Crippen LogP contribution in [-0.2, 0) is 24.1 Å². The number of phenols is 1. The predicted octanol–water partition coefficient (Wildman–Crippen LogP) is 4.68. The first kappa shape index (κ1) is 22.4. The van der Waals surface area contributed by atoms with Gasteiger partial charge in [0.05, 0.1) is 13.0 Å². The Bertz CT molecular complexity index is 1050. The van der Waals surface area contributed by atoms with Gasteiger partial charge in [-0.25, -0.2) is 0 Å². The summed E-state index contributed by atoms with van der Waals surface area (Å²) < 4.78 is 5.64. The van der Waals surface area contributed by atoms with Crippen LogP contribution in [-0.4, -0.2) is 47.8 Å². The molecule has 32 heavy (non-hydrogen) atoms. The maximum Gasteiger partial charge on any atom is 0.309 e. The Morgan fingerprint density at radius 3 is 2.62 bits per heavy atom. The topological polar surface area (TPSA) is 70.0 Å². The van der Waals surface area contributed by atoms with Gasteiger partial charge in [-0.1, -0.05) is 31.1 Å². The minimum absolute atomic E-state index is 0.228. The highest BCUT2D eigenvalue weighted by Gasteiger charge is 2.33. The van der Waals surface area contributed by atoms with E-state index in [4.69, 9.17) is 9.84 Å². The maximum atomic E-state index is 11.1. The molecule has 0 saturated carbocycles. The number of phenolic OH excluding ortho intramolecular Hbond substituents is 1. The number of aromatic hydroxyl groups is 1. The van der Waals surface area contributed by atoms with Crippen LogP contribution in [0.4, 0.5) is 0 Å². The normalized spacial score (nSPS) is 16.6. The van der Waals surface area contributed by atoms with E-state index in [-0.39, 0.29) is 5.92 Å². The largest absolute Gasteiger partial charge is 0.508 e. The Kier molecular flexibility index (Phi) is 6.56. The highest BCUT2D eigenvalue weighted by atomic mass is 16.5. The number of carboxylic acids is 1. The Morgan fingerprint density at radius 1 is 1.16 bits per heavy atom. The zero-order valence-electron chi connectivity index (χ0n) is 19.3. The molecule has 1 aliphatic carbocycles. The average molecular weight is 436 g/mol. The van der Waals surface area contributed by atoms with Gasteiger partial charge in [0.15, 0.2) is 0 Å². The highest BCUT2D eigenvalue weighted by Crippen LogP contribution is 2.37. The van der Waals surface area contributed by atoms with Crippen molar-refractivity contribution in [3.05, 3.63) is 63.7 Å². The van der Waals surface area contributed by atoms with Crippen LogP contribution >= 0.6 is 0 Å². The molecule has 5 nitrogen and oxygen atoms in total. The summed E-state index contributed by atoms with van der Waals surface area (Å²) in [4.78, 5) is 13.3. The van der Waals surface area contributed by atoms with E-state index in [1.54, 1.807) is 7.11 Å². The van der Waals surface area contributed by atoms with Gasteiger partial charge < -0.3 is 14.9 Å². The molecule has 2 aliphatic rings. The van der Waals surface area contributed by atoms with Crippen LogP contribution in [0.3, 0.4) is 0 Å². The molecule has 170 valence electrons. The van der Waals surface area contributed by atoms with E-state index in [2.05, 4.69) is 43.0 Å². The van der Waals surface area contributed by atoms with Gasteiger partial charge in [-0.2, -0.15) is 0 Å². The predicted molar refractivity (Wildman–Crippen MR) is 126 cm³/mol. The van der Waals surface area contributed by atoms with Crippen LogP contribution < -0.4 is 4.74 Å². The molecular weight excluding hydrogens is 402 g/mol. The fourth-order valence-corrected chi connectivity index (χ4v) is 4.94. The van der Waals surface area contributed by atoms with E-state index in [0.29, 0.717) is 25.3 Å². The zero-order chi connectivity index (χ0) is 22.8. The van der Waals surface area contributed by atoms with Gasteiger partial charge in [-0.15, -0.1) is 0 Å². The third-order valence-electron chi connectivity index (χ3n) is 6.93. The minimum atomic E-state index is -0.695. The van der Waals surface area contributed by atoms with Crippen molar-refractivity contribution < 1.29 is 19.7 Å². The summed E-state index contributed by atoms with van der Waals surface area (Å²) in [6.45, 7) is 6.42. The quantitative estimate of drug-likeness (QED) is 0.630. The molecule has 0 bridgehead atoms. The number of benzene rings is 2. The lowest BCUT2D eigenvalue weighted by molar-refractivity contribution is -0.147. The van der Waals surface area contributed by atoms with Crippen molar-refractivity contribution in [3.63, 3.8) is 0 Å². The molecule has 0 aromatic heterocycles. The third-order valence-corrected chi connectivity index (χ3v) is 6.93. The molecule has 2 aromatic carbocycles. The molecule has 0 atom stereocenters. The van der Waals surface area contributed by atoms with E-state index in [0.717, 1.165) is 49.1 Å². The van der Waals surface area contributed by atoms with Crippen molar-refractivity contribution in [2.75, 3.05) is 26.7 Å². The number of hydrogen-bond acceptors (Lipinski definition) is 4. The summed E-state index contributed by atoms with van der Waals surface area (Å²) in [7, 11) is 1.70. The molecule has 1 fully saturated rings. The van der Waals surface area contributed by atoms with Crippen molar-refractivity contribution in [2.45, 2.75) is 46.0 Å². The van der Waals surface area contributed by atoms with Gasteiger partial charge in [-0.05, 0) is 77.8 Å². The van der Waals surface area contributed by atoms with Crippen LogP contribution in [0.2, 0.25) is 0 Å². The van der Waals surface area contributed by atoms with Gasteiger partial charge in [0.1, 0.15) is 11.5 Å². The zero-order valence-corrected chi connectivity index (χ0v) is 19.3. The number of fused-ring (bicyclic) bond motifs is 1. The number of hydrogen-bond donors (Lipinski definition) is 2. The van der Waals surface area contributed by atoms with Crippen molar-refractivity contribution in [3.8, 4) is 11.5 Å².